The fourth-order valence-corrected chi connectivity index (χ4v) is 5.44. The van der Waals surface area contributed by atoms with Gasteiger partial charge in [-0.05, 0) is 67.6 Å². The Morgan fingerprint density at radius 1 is 0.947 bits per heavy atom. The Bertz CT molecular complexity index is 974. The van der Waals surface area contributed by atoms with Gasteiger partial charge in [-0.3, -0.25) is 9.59 Å². The number of carbonyl (C=O) groups excluding carboxylic acids is 2. The highest BCUT2D eigenvalue weighted by Crippen LogP contribution is 2.39. The van der Waals surface area contributed by atoms with Gasteiger partial charge >= 0.3 is 18.1 Å². The van der Waals surface area contributed by atoms with E-state index in [9.17, 15) is 24.3 Å². The van der Waals surface area contributed by atoms with Crippen molar-refractivity contribution in [2.24, 2.45) is 11.3 Å². The molecule has 210 valence electrons. The van der Waals surface area contributed by atoms with Gasteiger partial charge in [-0.25, -0.2) is 9.59 Å². The molecule has 0 spiro atoms. The minimum absolute atomic E-state index is 0.0620. The second kappa shape index (κ2) is 13.0. The lowest BCUT2D eigenvalue weighted by atomic mass is 9.71. The number of likely N-dealkylation sites (tertiary alicyclic amines) is 1. The number of hydrogen-bond donors (Lipinski definition) is 4. The number of carboxylic acids is 1. The van der Waals surface area contributed by atoms with Crippen molar-refractivity contribution in [1.82, 2.24) is 20.4 Å². The van der Waals surface area contributed by atoms with Gasteiger partial charge in [0, 0.05) is 43.8 Å². The van der Waals surface area contributed by atoms with Gasteiger partial charge in [0.05, 0.1) is 6.42 Å². The number of nitrogens with one attached hydrogen (secondary N) is 2. The van der Waals surface area contributed by atoms with Crippen LogP contribution >= 0.6 is 0 Å². The SMILES string of the molecule is CC(C)(C)C1CCC(N(Cc2ccc(C(=O)NCCC(=O)O)cc2)C(=O)NC2CCN(C(=O)O)CC2)CC1. The van der Waals surface area contributed by atoms with Gasteiger partial charge in [0.2, 0.25) is 0 Å². The summed E-state index contributed by atoms with van der Waals surface area (Å²) in [7, 11) is 0. The fraction of sp³-hybridized carbons (Fsp3) is 0.643. The topological polar surface area (TPSA) is 139 Å². The lowest BCUT2D eigenvalue weighted by Gasteiger charge is -2.42. The van der Waals surface area contributed by atoms with Crippen molar-refractivity contribution >= 4 is 24.0 Å². The average Bonchev–Trinajstić information content (AvgIpc) is 2.87. The number of urea groups is 1. The highest BCUT2D eigenvalue weighted by molar-refractivity contribution is 5.94. The fourth-order valence-electron chi connectivity index (χ4n) is 5.44. The quantitative estimate of drug-likeness (QED) is 0.398. The van der Waals surface area contributed by atoms with E-state index in [1.807, 2.05) is 17.0 Å². The normalized spacial score (nSPS) is 20.4. The van der Waals surface area contributed by atoms with Crippen LogP contribution in [0.5, 0.6) is 0 Å². The van der Waals surface area contributed by atoms with E-state index in [1.54, 1.807) is 12.1 Å². The molecular weight excluding hydrogens is 488 g/mol. The summed E-state index contributed by atoms with van der Waals surface area (Å²) in [6.45, 7) is 8.10. The first-order valence-electron chi connectivity index (χ1n) is 13.6. The summed E-state index contributed by atoms with van der Waals surface area (Å²) >= 11 is 0. The zero-order valence-electron chi connectivity index (χ0n) is 22.7. The van der Waals surface area contributed by atoms with Crippen molar-refractivity contribution in [2.75, 3.05) is 19.6 Å². The largest absolute Gasteiger partial charge is 0.481 e. The smallest absolute Gasteiger partial charge is 0.407 e. The number of benzene rings is 1. The second-order valence-corrected chi connectivity index (χ2v) is 11.6. The molecule has 0 unspecified atom stereocenters. The second-order valence-electron chi connectivity index (χ2n) is 11.6. The molecule has 1 heterocycles. The Labute approximate surface area is 224 Å². The molecule has 4 amide bonds. The average molecular weight is 531 g/mol. The summed E-state index contributed by atoms with van der Waals surface area (Å²) in [5.41, 5.74) is 1.57. The third kappa shape index (κ3) is 8.36. The molecule has 0 aromatic heterocycles. The molecule has 1 aromatic carbocycles. The number of rotatable bonds is 8. The molecule has 38 heavy (non-hydrogen) atoms. The minimum atomic E-state index is -0.969. The minimum Gasteiger partial charge on any atom is -0.481 e. The highest BCUT2D eigenvalue weighted by Gasteiger charge is 2.34. The van der Waals surface area contributed by atoms with Crippen LogP contribution in [0.15, 0.2) is 24.3 Å². The summed E-state index contributed by atoms with van der Waals surface area (Å²) in [6, 6.07) is 6.96. The number of amides is 4. The Hall–Kier alpha value is -3.30. The maximum Gasteiger partial charge on any atom is 0.407 e. The molecule has 10 nitrogen and oxygen atoms in total. The molecule has 0 atom stereocenters. The van der Waals surface area contributed by atoms with E-state index in [4.69, 9.17) is 5.11 Å². The van der Waals surface area contributed by atoms with Crippen LogP contribution in [0.3, 0.4) is 0 Å². The predicted molar refractivity (Wildman–Crippen MR) is 143 cm³/mol. The third-order valence-electron chi connectivity index (χ3n) is 7.91. The Kier molecular flexibility index (Phi) is 9.99. The third-order valence-corrected chi connectivity index (χ3v) is 7.91. The lowest BCUT2D eigenvalue weighted by Crippen LogP contribution is -2.53. The monoisotopic (exact) mass is 530 g/mol. The van der Waals surface area contributed by atoms with Crippen LogP contribution < -0.4 is 10.6 Å². The van der Waals surface area contributed by atoms with Crippen molar-refractivity contribution < 1.29 is 29.4 Å². The van der Waals surface area contributed by atoms with Crippen molar-refractivity contribution in [2.45, 2.75) is 84.3 Å². The lowest BCUT2D eigenvalue weighted by molar-refractivity contribution is -0.136. The Morgan fingerprint density at radius 2 is 1.55 bits per heavy atom. The first-order chi connectivity index (χ1) is 17.9. The van der Waals surface area contributed by atoms with Gasteiger partial charge in [-0.15, -0.1) is 0 Å². The van der Waals surface area contributed by atoms with E-state index in [1.165, 1.54) is 4.90 Å². The molecule has 1 aliphatic carbocycles. The molecule has 1 aromatic rings. The number of nitrogens with zero attached hydrogens (tertiary/aromatic N) is 2. The van der Waals surface area contributed by atoms with Crippen LogP contribution in [0.25, 0.3) is 0 Å². The standard InChI is InChI=1S/C28H42N4O6/c1-28(2,3)21-8-10-23(11-9-21)32(26(36)30-22-13-16-31(17-14-22)27(37)38)18-19-4-6-20(7-5-19)25(35)29-15-12-24(33)34/h4-7,21-23H,8-18H2,1-3H3,(H,29,35)(H,30,36)(H,33,34)(H,37,38). The first kappa shape index (κ1) is 29.3. The molecule has 10 heteroatoms. The van der Waals surface area contributed by atoms with Crippen LogP contribution in [-0.2, 0) is 11.3 Å². The van der Waals surface area contributed by atoms with Crippen LogP contribution in [-0.4, -0.2) is 75.7 Å². The Morgan fingerprint density at radius 3 is 2.08 bits per heavy atom. The number of hydrogen-bond acceptors (Lipinski definition) is 4. The molecule has 4 N–H and O–H groups in total. The predicted octanol–water partition coefficient (Wildman–Crippen LogP) is 4.15. The molecular formula is C28H42N4O6. The van der Waals surface area contributed by atoms with Gasteiger partial charge in [-0.1, -0.05) is 32.9 Å². The van der Waals surface area contributed by atoms with Crippen molar-refractivity contribution in [3.63, 3.8) is 0 Å². The van der Waals surface area contributed by atoms with Gasteiger partial charge in [0.25, 0.3) is 5.91 Å². The van der Waals surface area contributed by atoms with Gasteiger partial charge in [0.15, 0.2) is 0 Å². The van der Waals surface area contributed by atoms with Gasteiger partial charge in [-0.2, -0.15) is 0 Å². The van der Waals surface area contributed by atoms with E-state index in [0.29, 0.717) is 44.0 Å². The molecule has 1 saturated carbocycles. The van der Waals surface area contributed by atoms with Crippen LogP contribution in [0.1, 0.15) is 81.6 Å². The van der Waals surface area contributed by atoms with E-state index < -0.39 is 12.1 Å². The zero-order valence-corrected chi connectivity index (χ0v) is 22.7. The maximum absolute atomic E-state index is 13.5. The van der Waals surface area contributed by atoms with Crippen molar-refractivity contribution in [3.05, 3.63) is 35.4 Å². The van der Waals surface area contributed by atoms with E-state index in [2.05, 4.69) is 31.4 Å². The number of carbonyl (C=O) groups is 4. The van der Waals surface area contributed by atoms with Crippen LogP contribution in [0.2, 0.25) is 0 Å². The Balaban J connectivity index is 1.66. The summed E-state index contributed by atoms with van der Waals surface area (Å²) < 4.78 is 0. The molecule has 2 aliphatic rings. The molecule has 2 fully saturated rings. The molecule has 1 saturated heterocycles. The van der Waals surface area contributed by atoms with E-state index >= 15 is 0 Å². The van der Waals surface area contributed by atoms with Crippen LogP contribution in [0, 0.1) is 11.3 Å². The van der Waals surface area contributed by atoms with Crippen molar-refractivity contribution in [3.8, 4) is 0 Å². The number of aliphatic carboxylic acids is 1. The number of piperidine rings is 1. The summed E-state index contributed by atoms with van der Waals surface area (Å²) in [6.07, 6.45) is 4.09. The molecule has 3 rings (SSSR count). The maximum atomic E-state index is 13.5. The van der Waals surface area contributed by atoms with Gasteiger partial charge in [0.1, 0.15) is 0 Å². The van der Waals surface area contributed by atoms with Crippen molar-refractivity contribution in [1.29, 1.82) is 0 Å². The van der Waals surface area contributed by atoms with Gasteiger partial charge < -0.3 is 30.6 Å². The molecule has 0 bridgehead atoms. The van der Waals surface area contributed by atoms with Crippen LogP contribution in [0.4, 0.5) is 9.59 Å². The van der Waals surface area contributed by atoms with E-state index in [0.717, 1.165) is 31.2 Å². The molecule has 0 radical (unpaired) electrons. The number of carboxylic acid groups (broad SMARTS) is 2. The van der Waals surface area contributed by atoms with E-state index in [-0.39, 0.29) is 42.4 Å². The first-order valence-corrected chi connectivity index (χ1v) is 13.6. The zero-order chi connectivity index (χ0) is 27.9. The summed E-state index contributed by atoms with van der Waals surface area (Å²) in [5.74, 6) is -0.688. The highest BCUT2D eigenvalue weighted by atomic mass is 16.4. The summed E-state index contributed by atoms with van der Waals surface area (Å²) in [5, 5.41) is 23.7. The molecule has 1 aliphatic heterocycles. The summed E-state index contributed by atoms with van der Waals surface area (Å²) in [4.78, 5) is 51.0.